The van der Waals surface area contributed by atoms with Crippen LogP contribution in [0.25, 0.3) is 0 Å². The van der Waals surface area contributed by atoms with Crippen LogP contribution < -0.4 is 0 Å². The zero-order valence-corrected chi connectivity index (χ0v) is 6.95. The maximum atomic E-state index is 11.3. The molecule has 0 aliphatic carbocycles. The highest BCUT2D eigenvalue weighted by molar-refractivity contribution is 7.66. The molecule has 1 atom stereocenters. The average molecular weight is 144 g/mol. The molecule has 1 aliphatic rings. The zero-order valence-electron chi connectivity index (χ0n) is 6.05. The molecule has 0 N–H and O–H groups in total. The molecule has 1 unspecified atom stereocenters. The van der Waals surface area contributed by atoms with Crippen LogP contribution in [-0.2, 0) is 4.57 Å². The van der Waals surface area contributed by atoms with Gasteiger partial charge in [0.05, 0.1) is 0 Å². The average Bonchev–Trinajstić information content (AvgIpc) is 2.10. The van der Waals surface area contributed by atoms with Crippen LogP contribution in [-0.4, -0.2) is 12.8 Å². The van der Waals surface area contributed by atoms with Gasteiger partial charge in [-0.25, -0.2) is 0 Å². The third-order valence-electron chi connectivity index (χ3n) is 1.79. The van der Waals surface area contributed by atoms with Gasteiger partial charge in [-0.1, -0.05) is 12.5 Å². The number of hydrogen-bond donors (Lipinski definition) is 0. The van der Waals surface area contributed by atoms with Crippen molar-refractivity contribution in [2.24, 2.45) is 0 Å². The molecule has 0 bridgehead atoms. The lowest BCUT2D eigenvalue weighted by Crippen LogP contribution is -1.75. The van der Waals surface area contributed by atoms with Crippen molar-refractivity contribution in [2.45, 2.75) is 19.8 Å². The first-order chi connectivity index (χ1) is 4.14. The molecule has 1 rings (SSSR count). The molecular weight excluding hydrogens is 131 g/mol. The highest BCUT2D eigenvalue weighted by Gasteiger charge is 2.19. The summed E-state index contributed by atoms with van der Waals surface area (Å²) in [5.41, 5.74) is 1.39. The number of rotatable bonds is 1. The zero-order chi connectivity index (χ0) is 6.91. The second-order valence-corrected chi connectivity index (χ2v) is 5.84. The van der Waals surface area contributed by atoms with Crippen molar-refractivity contribution in [3.05, 3.63) is 11.4 Å². The molecule has 9 heavy (non-hydrogen) atoms. The van der Waals surface area contributed by atoms with Gasteiger partial charge in [-0.05, 0) is 25.3 Å². The predicted octanol–water partition coefficient (Wildman–Crippen LogP) is 2.68. The smallest absolute Gasteiger partial charge is 0.106 e. The lowest BCUT2D eigenvalue weighted by molar-refractivity contribution is 0.585. The van der Waals surface area contributed by atoms with E-state index >= 15 is 0 Å². The topological polar surface area (TPSA) is 17.1 Å². The molecule has 0 spiro atoms. The summed E-state index contributed by atoms with van der Waals surface area (Å²) in [6.07, 6.45) is 3.07. The predicted molar refractivity (Wildman–Crippen MR) is 41.4 cm³/mol. The molecule has 1 nitrogen and oxygen atoms in total. The van der Waals surface area contributed by atoms with E-state index in [9.17, 15) is 4.57 Å². The first kappa shape index (κ1) is 7.08. The molecular formula is C7H13OP. The Morgan fingerprint density at radius 3 is 2.67 bits per heavy atom. The summed E-state index contributed by atoms with van der Waals surface area (Å²) in [4.78, 5) is 0. The Morgan fingerprint density at radius 1 is 1.78 bits per heavy atom. The standard InChI is InChI=1S/C7H13OP/c1-3-7-4-5-9(2,8)6-7/h6H,3-5H2,1-2H3. The van der Waals surface area contributed by atoms with Crippen LogP contribution in [0.15, 0.2) is 11.4 Å². The molecule has 0 aromatic rings. The summed E-state index contributed by atoms with van der Waals surface area (Å²) in [7, 11) is -1.78. The van der Waals surface area contributed by atoms with E-state index in [-0.39, 0.29) is 0 Å². The Morgan fingerprint density at radius 2 is 2.44 bits per heavy atom. The molecule has 1 aliphatic heterocycles. The lowest BCUT2D eigenvalue weighted by atomic mass is 10.2. The quantitative estimate of drug-likeness (QED) is 0.517. The Hall–Kier alpha value is -0.0300. The largest absolute Gasteiger partial charge is 0.320 e. The summed E-state index contributed by atoms with van der Waals surface area (Å²) in [5.74, 6) is 1.99. The fourth-order valence-electron chi connectivity index (χ4n) is 1.15. The Bertz CT molecular complexity index is 181. The summed E-state index contributed by atoms with van der Waals surface area (Å²) < 4.78 is 11.3. The molecule has 1 heterocycles. The van der Waals surface area contributed by atoms with Crippen LogP contribution in [0.3, 0.4) is 0 Å². The van der Waals surface area contributed by atoms with Gasteiger partial charge in [-0.3, -0.25) is 0 Å². The van der Waals surface area contributed by atoms with Crippen molar-refractivity contribution in [2.75, 3.05) is 12.8 Å². The van der Waals surface area contributed by atoms with Gasteiger partial charge in [0.1, 0.15) is 7.14 Å². The van der Waals surface area contributed by atoms with Gasteiger partial charge in [0.25, 0.3) is 0 Å². The van der Waals surface area contributed by atoms with Gasteiger partial charge >= 0.3 is 0 Å². The van der Waals surface area contributed by atoms with E-state index in [1.165, 1.54) is 5.57 Å². The van der Waals surface area contributed by atoms with Crippen molar-refractivity contribution >= 4 is 7.14 Å². The van der Waals surface area contributed by atoms with Gasteiger partial charge in [-0.15, -0.1) is 0 Å². The van der Waals surface area contributed by atoms with E-state index in [1.54, 1.807) is 0 Å². The Kier molecular flexibility index (Phi) is 1.81. The summed E-state index contributed by atoms with van der Waals surface area (Å²) in [5, 5.41) is 0. The van der Waals surface area contributed by atoms with Gasteiger partial charge < -0.3 is 4.57 Å². The van der Waals surface area contributed by atoms with E-state index in [0.717, 1.165) is 19.0 Å². The second kappa shape index (κ2) is 2.30. The fraction of sp³-hybridized carbons (Fsp3) is 0.714. The number of hydrogen-bond acceptors (Lipinski definition) is 1. The fourth-order valence-corrected chi connectivity index (χ4v) is 3.09. The molecule has 0 saturated carbocycles. The Labute approximate surface area is 56.5 Å². The van der Waals surface area contributed by atoms with Crippen molar-refractivity contribution < 1.29 is 4.57 Å². The summed E-state index contributed by atoms with van der Waals surface area (Å²) in [6.45, 7) is 3.99. The van der Waals surface area contributed by atoms with Crippen molar-refractivity contribution in [1.82, 2.24) is 0 Å². The van der Waals surface area contributed by atoms with Crippen LogP contribution >= 0.6 is 7.14 Å². The normalized spacial score (nSPS) is 34.7. The van der Waals surface area contributed by atoms with Crippen LogP contribution in [0.2, 0.25) is 0 Å². The molecule has 0 aromatic carbocycles. The lowest BCUT2D eigenvalue weighted by Gasteiger charge is -1.94. The van der Waals surface area contributed by atoms with Crippen LogP contribution in [0, 0.1) is 0 Å². The molecule has 2 heteroatoms. The van der Waals surface area contributed by atoms with Crippen molar-refractivity contribution in [1.29, 1.82) is 0 Å². The first-order valence-corrected chi connectivity index (χ1v) is 5.82. The van der Waals surface area contributed by atoms with Crippen molar-refractivity contribution in [3.8, 4) is 0 Å². The maximum Gasteiger partial charge on any atom is 0.106 e. The van der Waals surface area contributed by atoms with Gasteiger partial charge in [-0.2, -0.15) is 0 Å². The third kappa shape index (κ3) is 1.69. The molecule has 0 radical (unpaired) electrons. The molecule has 52 valence electrons. The third-order valence-corrected chi connectivity index (χ3v) is 3.81. The van der Waals surface area contributed by atoms with E-state index in [0.29, 0.717) is 0 Å². The van der Waals surface area contributed by atoms with Gasteiger partial charge in [0, 0.05) is 6.16 Å². The molecule has 0 fully saturated rings. The molecule has 0 amide bonds. The maximum absolute atomic E-state index is 11.3. The summed E-state index contributed by atoms with van der Waals surface area (Å²) in [6, 6.07) is 0. The minimum absolute atomic E-state index is 0.913. The van der Waals surface area contributed by atoms with Crippen LogP contribution in [0.1, 0.15) is 19.8 Å². The van der Waals surface area contributed by atoms with E-state index < -0.39 is 7.14 Å². The monoisotopic (exact) mass is 144 g/mol. The highest BCUT2D eigenvalue weighted by atomic mass is 31.2. The molecule has 0 saturated heterocycles. The minimum atomic E-state index is -1.78. The van der Waals surface area contributed by atoms with Gasteiger partial charge in [0.2, 0.25) is 0 Å². The SMILES string of the molecule is CCC1=CP(C)(=O)CC1. The van der Waals surface area contributed by atoms with Crippen molar-refractivity contribution in [3.63, 3.8) is 0 Å². The van der Waals surface area contributed by atoms with E-state index in [1.807, 2.05) is 12.5 Å². The van der Waals surface area contributed by atoms with E-state index in [2.05, 4.69) is 6.92 Å². The Balaban J connectivity index is 2.72. The van der Waals surface area contributed by atoms with Crippen LogP contribution in [0.5, 0.6) is 0 Å². The first-order valence-electron chi connectivity index (χ1n) is 3.41. The number of allylic oxidation sites excluding steroid dienone is 1. The highest BCUT2D eigenvalue weighted by Crippen LogP contribution is 2.50. The minimum Gasteiger partial charge on any atom is -0.320 e. The van der Waals surface area contributed by atoms with E-state index in [4.69, 9.17) is 0 Å². The van der Waals surface area contributed by atoms with Gasteiger partial charge in [0.15, 0.2) is 0 Å². The summed E-state index contributed by atoms with van der Waals surface area (Å²) >= 11 is 0. The molecule has 0 aromatic heterocycles. The van der Waals surface area contributed by atoms with Crippen LogP contribution in [0.4, 0.5) is 0 Å². The second-order valence-electron chi connectivity index (χ2n) is 2.79.